The highest BCUT2D eigenvalue weighted by molar-refractivity contribution is 6.34. The first-order valence-electron chi connectivity index (χ1n) is 6.16. The summed E-state index contributed by atoms with van der Waals surface area (Å²) in [7, 11) is 0. The van der Waals surface area contributed by atoms with Gasteiger partial charge in [-0.05, 0) is 31.9 Å². The molecule has 0 unspecified atom stereocenters. The van der Waals surface area contributed by atoms with Crippen molar-refractivity contribution in [3.05, 3.63) is 22.7 Å². The van der Waals surface area contributed by atoms with Crippen molar-refractivity contribution in [3.8, 4) is 0 Å². The molecule has 1 aromatic rings. The van der Waals surface area contributed by atoms with Crippen LogP contribution in [0.25, 0.3) is 0 Å². The molecule has 5 nitrogen and oxygen atoms in total. The third-order valence-electron chi connectivity index (χ3n) is 3.40. The highest BCUT2D eigenvalue weighted by atomic mass is 35.5. The lowest BCUT2D eigenvalue weighted by Gasteiger charge is -2.36. The van der Waals surface area contributed by atoms with Gasteiger partial charge in [0.25, 0.3) is 5.91 Å². The van der Waals surface area contributed by atoms with Crippen molar-refractivity contribution in [3.63, 3.8) is 0 Å². The van der Waals surface area contributed by atoms with Crippen molar-refractivity contribution in [1.29, 1.82) is 0 Å². The number of nitrogen functional groups attached to an aromatic ring is 1. The Labute approximate surface area is 117 Å². The number of ether oxygens (including phenoxy) is 1. The molecule has 0 bridgehead atoms. The highest BCUT2D eigenvalue weighted by Gasteiger charge is 2.29. The molecule has 0 spiro atoms. The smallest absolute Gasteiger partial charge is 0.250 e. The first kappa shape index (κ1) is 14.0. The van der Waals surface area contributed by atoms with E-state index in [1.54, 1.807) is 12.1 Å². The molecule has 19 heavy (non-hydrogen) atoms. The number of carbonyl (C=O) groups excluding carboxylic acids is 1. The van der Waals surface area contributed by atoms with Gasteiger partial charge in [-0.1, -0.05) is 11.6 Å². The predicted molar refractivity (Wildman–Crippen MR) is 76.5 cm³/mol. The molecule has 2 rings (SSSR count). The Balaban J connectivity index is 2.35. The maximum Gasteiger partial charge on any atom is 0.250 e. The van der Waals surface area contributed by atoms with Crippen LogP contribution in [0.3, 0.4) is 0 Å². The minimum Gasteiger partial charge on any atom is -0.399 e. The minimum atomic E-state index is -0.549. The van der Waals surface area contributed by atoms with Gasteiger partial charge in [-0.3, -0.25) is 4.79 Å². The van der Waals surface area contributed by atoms with Crippen molar-refractivity contribution >= 4 is 28.9 Å². The molecule has 0 aliphatic carbocycles. The molecule has 0 radical (unpaired) electrons. The van der Waals surface area contributed by atoms with Gasteiger partial charge in [0, 0.05) is 24.4 Å². The molecule has 1 amide bonds. The molecule has 0 aromatic heterocycles. The Hall–Kier alpha value is -1.46. The quantitative estimate of drug-likeness (QED) is 0.740. The Bertz CT molecular complexity index is 499. The fourth-order valence-corrected chi connectivity index (χ4v) is 2.47. The number of carbonyl (C=O) groups is 1. The lowest BCUT2D eigenvalue weighted by molar-refractivity contribution is 0.0658. The Morgan fingerprint density at radius 1 is 1.42 bits per heavy atom. The van der Waals surface area contributed by atoms with Crippen molar-refractivity contribution in [2.45, 2.75) is 25.3 Å². The highest BCUT2D eigenvalue weighted by Crippen LogP contribution is 2.34. The van der Waals surface area contributed by atoms with Gasteiger partial charge in [-0.15, -0.1) is 0 Å². The average molecular weight is 284 g/mol. The summed E-state index contributed by atoms with van der Waals surface area (Å²) in [6.45, 7) is 3.44. The van der Waals surface area contributed by atoms with Gasteiger partial charge in [-0.25, -0.2) is 0 Å². The minimum absolute atomic E-state index is 0.164. The maximum absolute atomic E-state index is 11.5. The molecule has 1 aromatic carbocycles. The monoisotopic (exact) mass is 283 g/mol. The number of amides is 1. The van der Waals surface area contributed by atoms with E-state index in [2.05, 4.69) is 12.2 Å². The van der Waals surface area contributed by atoms with Crippen LogP contribution >= 0.6 is 11.6 Å². The number of hydrogen-bond acceptors (Lipinski definition) is 4. The summed E-state index contributed by atoms with van der Waals surface area (Å²) in [6.07, 6.45) is 1.68. The van der Waals surface area contributed by atoms with Crippen LogP contribution in [-0.2, 0) is 4.74 Å². The van der Waals surface area contributed by atoms with Crippen LogP contribution in [-0.4, -0.2) is 24.7 Å². The SMILES string of the molecule is CC1(Nc2c(Cl)cc(N)cc2C(N)=O)CCOCC1. The van der Waals surface area contributed by atoms with E-state index in [0.717, 1.165) is 12.8 Å². The fourth-order valence-electron chi connectivity index (χ4n) is 2.20. The summed E-state index contributed by atoms with van der Waals surface area (Å²) >= 11 is 6.18. The first-order valence-corrected chi connectivity index (χ1v) is 6.54. The summed E-state index contributed by atoms with van der Waals surface area (Å²) in [5.74, 6) is -0.549. The van der Waals surface area contributed by atoms with Gasteiger partial charge in [0.2, 0.25) is 0 Å². The molecular weight excluding hydrogens is 266 g/mol. The maximum atomic E-state index is 11.5. The second kappa shape index (κ2) is 5.27. The number of primary amides is 1. The normalized spacial score (nSPS) is 18.0. The van der Waals surface area contributed by atoms with E-state index in [1.807, 2.05) is 0 Å². The zero-order valence-corrected chi connectivity index (χ0v) is 11.6. The number of anilines is 2. The van der Waals surface area contributed by atoms with Crippen LogP contribution in [0.15, 0.2) is 12.1 Å². The fraction of sp³-hybridized carbons (Fsp3) is 0.462. The Morgan fingerprint density at radius 2 is 2.05 bits per heavy atom. The summed E-state index contributed by atoms with van der Waals surface area (Å²) in [6, 6.07) is 3.15. The summed E-state index contributed by atoms with van der Waals surface area (Å²) in [5, 5.41) is 3.74. The molecule has 1 fully saturated rings. The number of nitrogens with two attached hydrogens (primary N) is 2. The zero-order chi connectivity index (χ0) is 14.0. The second-order valence-corrected chi connectivity index (χ2v) is 5.49. The number of hydrogen-bond donors (Lipinski definition) is 3. The van der Waals surface area contributed by atoms with E-state index in [4.69, 9.17) is 27.8 Å². The molecule has 1 aliphatic rings. The molecule has 5 N–H and O–H groups in total. The van der Waals surface area contributed by atoms with Crippen LogP contribution in [0.2, 0.25) is 5.02 Å². The molecular formula is C13H18ClN3O2. The molecule has 0 saturated carbocycles. The van der Waals surface area contributed by atoms with E-state index >= 15 is 0 Å². The largest absolute Gasteiger partial charge is 0.399 e. The third-order valence-corrected chi connectivity index (χ3v) is 3.70. The summed E-state index contributed by atoms with van der Waals surface area (Å²) in [5.41, 5.74) is 12.2. The second-order valence-electron chi connectivity index (χ2n) is 5.09. The number of halogens is 1. The van der Waals surface area contributed by atoms with Crippen molar-refractivity contribution in [1.82, 2.24) is 0 Å². The van der Waals surface area contributed by atoms with Crippen LogP contribution in [0.5, 0.6) is 0 Å². The van der Waals surface area contributed by atoms with E-state index < -0.39 is 5.91 Å². The van der Waals surface area contributed by atoms with Crippen molar-refractivity contribution < 1.29 is 9.53 Å². The van der Waals surface area contributed by atoms with E-state index in [-0.39, 0.29) is 5.54 Å². The number of benzene rings is 1. The van der Waals surface area contributed by atoms with E-state index in [0.29, 0.717) is 35.2 Å². The standard InChI is InChI=1S/C13H18ClN3O2/c1-13(2-4-19-5-3-13)17-11-9(12(16)18)6-8(15)7-10(11)14/h6-7,17H,2-5,15H2,1H3,(H2,16,18). The van der Waals surface area contributed by atoms with E-state index in [1.165, 1.54) is 0 Å². The van der Waals surface area contributed by atoms with Crippen molar-refractivity contribution in [2.24, 2.45) is 5.73 Å². The summed E-state index contributed by atoms with van der Waals surface area (Å²) < 4.78 is 5.35. The number of nitrogens with one attached hydrogen (secondary N) is 1. The lowest BCUT2D eigenvalue weighted by Crippen LogP contribution is -2.41. The van der Waals surface area contributed by atoms with Gasteiger partial charge in [-0.2, -0.15) is 0 Å². The lowest BCUT2D eigenvalue weighted by atomic mass is 9.91. The third kappa shape index (κ3) is 3.11. The molecule has 6 heteroatoms. The summed E-state index contributed by atoms with van der Waals surface area (Å²) in [4.78, 5) is 11.5. The zero-order valence-electron chi connectivity index (χ0n) is 10.8. The van der Waals surface area contributed by atoms with Gasteiger partial charge in [0.05, 0.1) is 16.3 Å². The van der Waals surface area contributed by atoms with Gasteiger partial charge in [0.15, 0.2) is 0 Å². The molecule has 1 heterocycles. The average Bonchev–Trinajstić information content (AvgIpc) is 2.33. The van der Waals surface area contributed by atoms with Crippen LogP contribution in [0, 0.1) is 0 Å². The van der Waals surface area contributed by atoms with Gasteiger partial charge < -0.3 is 21.5 Å². The van der Waals surface area contributed by atoms with E-state index in [9.17, 15) is 4.79 Å². The van der Waals surface area contributed by atoms with Crippen LogP contribution in [0.1, 0.15) is 30.1 Å². The van der Waals surface area contributed by atoms with Crippen molar-refractivity contribution in [2.75, 3.05) is 24.3 Å². The number of rotatable bonds is 3. The van der Waals surface area contributed by atoms with Gasteiger partial charge >= 0.3 is 0 Å². The Kier molecular flexibility index (Phi) is 3.87. The van der Waals surface area contributed by atoms with Gasteiger partial charge in [0.1, 0.15) is 0 Å². The topological polar surface area (TPSA) is 90.4 Å². The van der Waals surface area contributed by atoms with Crippen LogP contribution in [0.4, 0.5) is 11.4 Å². The molecule has 104 valence electrons. The molecule has 1 aliphatic heterocycles. The molecule has 1 saturated heterocycles. The van der Waals surface area contributed by atoms with Crippen LogP contribution < -0.4 is 16.8 Å². The molecule has 0 atom stereocenters. The first-order chi connectivity index (χ1) is 8.91. The predicted octanol–water partition coefficient (Wildman–Crippen LogP) is 2.00. The Morgan fingerprint density at radius 3 is 2.63 bits per heavy atom.